The molecule has 5 heteroatoms. The van der Waals surface area contributed by atoms with Gasteiger partial charge in [0.25, 0.3) is 0 Å². The molecule has 2 N–H and O–H groups in total. The summed E-state index contributed by atoms with van der Waals surface area (Å²) in [7, 11) is 0. The van der Waals surface area contributed by atoms with Crippen molar-refractivity contribution in [3.8, 4) is 0 Å². The van der Waals surface area contributed by atoms with Crippen LogP contribution < -0.4 is 0 Å². The maximum Gasteiger partial charge on any atom is 0.0765 e. The van der Waals surface area contributed by atoms with Gasteiger partial charge in [0, 0.05) is 51.1 Å². The molecule has 5 nitrogen and oxygen atoms in total. The molecule has 21 heavy (non-hydrogen) atoms. The Kier molecular flexibility index (Phi) is 5.96. The van der Waals surface area contributed by atoms with E-state index in [9.17, 15) is 5.11 Å². The van der Waals surface area contributed by atoms with Crippen LogP contribution >= 0.6 is 0 Å². The van der Waals surface area contributed by atoms with Gasteiger partial charge in [-0.05, 0) is 33.3 Å². The number of aliphatic hydroxyl groups excluding tert-OH is 1. The first kappa shape index (κ1) is 16.2. The Morgan fingerprint density at radius 3 is 2.90 bits per heavy atom. The molecule has 1 aliphatic rings. The first-order chi connectivity index (χ1) is 10.1. The van der Waals surface area contributed by atoms with Crippen LogP contribution in [-0.4, -0.2) is 63.9 Å². The van der Waals surface area contributed by atoms with Gasteiger partial charge in [0.1, 0.15) is 0 Å². The number of allylic oxidation sites excluding steroid dienone is 1. The number of nitrogens with one attached hydrogen (secondary N) is 1. The third kappa shape index (κ3) is 4.95. The van der Waals surface area contributed by atoms with Crippen molar-refractivity contribution in [2.45, 2.75) is 39.8 Å². The van der Waals surface area contributed by atoms with Gasteiger partial charge in [-0.2, -0.15) is 5.10 Å². The molecule has 0 unspecified atom stereocenters. The molecular formula is C16H28N4O. The number of H-pyrrole nitrogens is 1. The highest BCUT2D eigenvalue weighted by molar-refractivity contribution is 5.07. The fourth-order valence-electron chi connectivity index (χ4n) is 2.85. The number of aromatic nitrogens is 2. The summed E-state index contributed by atoms with van der Waals surface area (Å²) in [5, 5.41) is 16.6. The van der Waals surface area contributed by atoms with E-state index in [4.69, 9.17) is 0 Å². The largest absolute Gasteiger partial charge is 0.396 e. The molecule has 1 aromatic heterocycles. The molecule has 2 heterocycles. The number of aromatic amines is 1. The second-order valence-corrected chi connectivity index (χ2v) is 6.22. The van der Waals surface area contributed by atoms with E-state index in [-0.39, 0.29) is 6.61 Å². The summed E-state index contributed by atoms with van der Waals surface area (Å²) in [5.74, 6) is 0. The summed E-state index contributed by atoms with van der Waals surface area (Å²) in [6.07, 6.45) is 3.11. The maximum atomic E-state index is 9.32. The Morgan fingerprint density at radius 1 is 1.48 bits per heavy atom. The van der Waals surface area contributed by atoms with E-state index < -0.39 is 0 Å². The fraction of sp³-hybridized carbons (Fsp3) is 0.688. The van der Waals surface area contributed by atoms with Crippen LogP contribution in [-0.2, 0) is 6.54 Å². The Hall–Kier alpha value is -1.17. The lowest BCUT2D eigenvalue weighted by atomic mass is 10.1. The lowest BCUT2D eigenvalue weighted by Crippen LogP contribution is -2.53. The SMILES string of the molecule is CC(C)=CCN1CCN(Cc2cc(C)[nH]n2)C[C@H]1CCO. The quantitative estimate of drug-likeness (QED) is 0.781. The van der Waals surface area contributed by atoms with Gasteiger partial charge >= 0.3 is 0 Å². The van der Waals surface area contributed by atoms with Gasteiger partial charge in [-0.1, -0.05) is 11.6 Å². The minimum Gasteiger partial charge on any atom is -0.396 e. The standard InChI is InChI=1S/C16H28N4O/c1-13(2)4-6-20-8-7-19(12-16(20)5-9-21)11-15-10-14(3)17-18-15/h4,10,16,21H,5-9,11-12H2,1-3H3,(H,17,18)/t16-/m1/s1. The summed E-state index contributed by atoms with van der Waals surface area (Å²) < 4.78 is 0. The van der Waals surface area contributed by atoms with Crippen molar-refractivity contribution in [1.82, 2.24) is 20.0 Å². The van der Waals surface area contributed by atoms with Crippen LogP contribution in [0.3, 0.4) is 0 Å². The van der Waals surface area contributed by atoms with Gasteiger partial charge in [0.05, 0.1) is 5.69 Å². The van der Waals surface area contributed by atoms with Crippen LogP contribution in [0.2, 0.25) is 0 Å². The third-order valence-electron chi connectivity index (χ3n) is 4.03. The number of aliphatic hydroxyl groups is 1. The van der Waals surface area contributed by atoms with Crippen LogP contribution in [0.15, 0.2) is 17.7 Å². The predicted molar refractivity (Wildman–Crippen MR) is 85.1 cm³/mol. The Morgan fingerprint density at radius 2 is 2.29 bits per heavy atom. The van der Waals surface area contributed by atoms with E-state index in [1.807, 2.05) is 6.92 Å². The third-order valence-corrected chi connectivity index (χ3v) is 4.03. The van der Waals surface area contributed by atoms with Crippen molar-refractivity contribution in [3.05, 3.63) is 29.1 Å². The van der Waals surface area contributed by atoms with E-state index in [0.29, 0.717) is 6.04 Å². The molecule has 0 amide bonds. The second-order valence-electron chi connectivity index (χ2n) is 6.22. The van der Waals surface area contributed by atoms with E-state index in [1.54, 1.807) is 0 Å². The Bertz CT molecular complexity index is 465. The van der Waals surface area contributed by atoms with Gasteiger partial charge in [0.15, 0.2) is 0 Å². The second kappa shape index (κ2) is 7.73. The topological polar surface area (TPSA) is 55.4 Å². The van der Waals surface area contributed by atoms with Crippen LogP contribution in [0.4, 0.5) is 0 Å². The summed E-state index contributed by atoms with van der Waals surface area (Å²) in [5.41, 5.74) is 3.57. The van der Waals surface area contributed by atoms with Crippen molar-refractivity contribution >= 4 is 0 Å². The summed E-state index contributed by atoms with van der Waals surface area (Å²) in [6, 6.07) is 2.54. The van der Waals surface area contributed by atoms with Crippen molar-refractivity contribution in [2.24, 2.45) is 0 Å². The lowest BCUT2D eigenvalue weighted by Gasteiger charge is -2.40. The van der Waals surface area contributed by atoms with Crippen molar-refractivity contribution < 1.29 is 5.11 Å². The van der Waals surface area contributed by atoms with Crippen LogP contribution in [0.25, 0.3) is 0 Å². The zero-order chi connectivity index (χ0) is 15.2. The molecule has 0 aromatic carbocycles. The molecule has 1 aliphatic heterocycles. The van der Waals surface area contributed by atoms with E-state index in [1.165, 1.54) is 5.57 Å². The van der Waals surface area contributed by atoms with Crippen LogP contribution in [0, 0.1) is 6.92 Å². The molecule has 2 rings (SSSR count). The molecule has 0 aliphatic carbocycles. The van der Waals surface area contributed by atoms with E-state index in [2.05, 4.69) is 46.0 Å². The smallest absolute Gasteiger partial charge is 0.0765 e. The predicted octanol–water partition coefficient (Wildman–Crippen LogP) is 1.55. The minimum absolute atomic E-state index is 0.255. The van der Waals surface area contributed by atoms with Gasteiger partial charge in [-0.15, -0.1) is 0 Å². The number of hydrogen-bond acceptors (Lipinski definition) is 4. The van der Waals surface area contributed by atoms with Crippen LogP contribution in [0.1, 0.15) is 31.7 Å². The Balaban J connectivity index is 1.92. The lowest BCUT2D eigenvalue weighted by molar-refractivity contribution is 0.0630. The van der Waals surface area contributed by atoms with Crippen molar-refractivity contribution in [1.29, 1.82) is 0 Å². The monoisotopic (exact) mass is 292 g/mol. The molecule has 1 fully saturated rings. The molecule has 0 bridgehead atoms. The van der Waals surface area contributed by atoms with Gasteiger partial charge in [-0.3, -0.25) is 14.9 Å². The molecule has 0 saturated carbocycles. The molecule has 118 valence electrons. The molecule has 0 spiro atoms. The van der Waals surface area contributed by atoms with Crippen molar-refractivity contribution in [2.75, 3.05) is 32.8 Å². The number of aryl methyl sites for hydroxylation is 1. The average molecular weight is 292 g/mol. The van der Waals surface area contributed by atoms with Gasteiger partial charge < -0.3 is 5.11 Å². The van der Waals surface area contributed by atoms with Gasteiger partial charge in [0.2, 0.25) is 0 Å². The summed E-state index contributed by atoms with van der Waals surface area (Å²) >= 11 is 0. The number of piperazine rings is 1. The van der Waals surface area contributed by atoms with Gasteiger partial charge in [-0.25, -0.2) is 0 Å². The van der Waals surface area contributed by atoms with E-state index in [0.717, 1.165) is 50.5 Å². The highest BCUT2D eigenvalue weighted by atomic mass is 16.3. The fourth-order valence-corrected chi connectivity index (χ4v) is 2.85. The molecule has 1 atom stereocenters. The maximum absolute atomic E-state index is 9.32. The molecule has 1 saturated heterocycles. The highest BCUT2D eigenvalue weighted by Crippen LogP contribution is 2.15. The van der Waals surface area contributed by atoms with Crippen LogP contribution in [0.5, 0.6) is 0 Å². The zero-order valence-electron chi connectivity index (χ0n) is 13.5. The molecule has 0 radical (unpaired) electrons. The zero-order valence-corrected chi connectivity index (χ0v) is 13.5. The Labute approximate surface area is 127 Å². The molecular weight excluding hydrogens is 264 g/mol. The normalized spacial score (nSPS) is 20.7. The summed E-state index contributed by atoms with van der Waals surface area (Å²) in [6.45, 7) is 11.6. The number of hydrogen-bond donors (Lipinski definition) is 2. The average Bonchev–Trinajstić information content (AvgIpc) is 2.83. The number of nitrogens with zero attached hydrogens (tertiary/aromatic N) is 3. The first-order valence-electron chi connectivity index (χ1n) is 7.80. The highest BCUT2D eigenvalue weighted by Gasteiger charge is 2.26. The number of rotatable bonds is 6. The molecule has 1 aromatic rings. The van der Waals surface area contributed by atoms with E-state index >= 15 is 0 Å². The van der Waals surface area contributed by atoms with Crippen molar-refractivity contribution in [3.63, 3.8) is 0 Å². The first-order valence-corrected chi connectivity index (χ1v) is 7.80. The minimum atomic E-state index is 0.255. The summed E-state index contributed by atoms with van der Waals surface area (Å²) in [4.78, 5) is 4.92.